The van der Waals surface area contributed by atoms with Gasteiger partial charge in [0.05, 0.1) is 0 Å². The molecule has 4 nitrogen and oxygen atoms in total. The normalized spacial score (nSPS) is 11.7. The zero-order valence-corrected chi connectivity index (χ0v) is 11.5. The number of carbonyl (C=O) groups is 2. The van der Waals surface area contributed by atoms with E-state index in [0.29, 0.717) is 5.75 Å². The predicted octanol–water partition coefficient (Wildman–Crippen LogP) is 2.61. The fraction of sp³-hybridized carbons (Fsp3) is 0.385. The van der Waals surface area contributed by atoms with Crippen molar-refractivity contribution in [2.24, 2.45) is 0 Å². The number of carbonyl (C=O) groups excluding carboxylic acids is 2. The smallest absolute Gasteiger partial charge is 0.303 e. The zero-order chi connectivity index (χ0) is 13.5. The van der Waals surface area contributed by atoms with E-state index >= 15 is 0 Å². The largest absolute Gasteiger partial charge is 0.457 e. The van der Waals surface area contributed by atoms with E-state index in [2.05, 4.69) is 5.32 Å². The molecule has 0 aromatic heterocycles. The molecular weight excluding hydrogens is 250 g/mol. The number of benzene rings is 1. The van der Waals surface area contributed by atoms with Crippen LogP contribution < -0.4 is 5.32 Å². The summed E-state index contributed by atoms with van der Waals surface area (Å²) in [6.45, 7) is 2.86. The van der Waals surface area contributed by atoms with E-state index in [1.165, 1.54) is 13.8 Å². The molecule has 1 amide bonds. The van der Waals surface area contributed by atoms with Crippen molar-refractivity contribution < 1.29 is 14.3 Å². The lowest BCUT2D eigenvalue weighted by atomic mass is 10.1. The summed E-state index contributed by atoms with van der Waals surface area (Å²) >= 11 is 1.61. The van der Waals surface area contributed by atoms with Crippen LogP contribution in [0.3, 0.4) is 0 Å². The van der Waals surface area contributed by atoms with Gasteiger partial charge < -0.3 is 10.1 Å². The van der Waals surface area contributed by atoms with Crippen molar-refractivity contribution >= 4 is 29.3 Å². The average Bonchev–Trinajstić information content (AvgIpc) is 2.28. The fourth-order valence-electron chi connectivity index (χ4n) is 1.53. The molecule has 1 aromatic rings. The average molecular weight is 267 g/mol. The minimum absolute atomic E-state index is 0.108. The maximum absolute atomic E-state index is 11.0. The van der Waals surface area contributed by atoms with Crippen LogP contribution in [-0.4, -0.2) is 23.9 Å². The Kier molecular flexibility index (Phi) is 5.71. The molecule has 0 bridgehead atoms. The van der Waals surface area contributed by atoms with Crippen molar-refractivity contribution in [3.05, 3.63) is 29.8 Å². The third-order valence-electron chi connectivity index (χ3n) is 2.23. The number of rotatable bonds is 5. The lowest BCUT2D eigenvalue weighted by Crippen LogP contribution is -2.11. The van der Waals surface area contributed by atoms with E-state index < -0.39 is 0 Å². The Morgan fingerprint density at radius 2 is 1.89 bits per heavy atom. The van der Waals surface area contributed by atoms with Crippen LogP contribution in [0, 0.1) is 0 Å². The Morgan fingerprint density at radius 1 is 1.28 bits per heavy atom. The number of ether oxygens (including phenoxy) is 1. The molecule has 0 radical (unpaired) electrons. The number of hydrogen-bond acceptors (Lipinski definition) is 4. The first-order chi connectivity index (χ1) is 8.52. The number of nitrogens with one attached hydrogen (secondary N) is 1. The molecule has 1 N–H and O–H groups in total. The molecule has 0 aliphatic rings. The van der Waals surface area contributed by atoms with Crippen molar-refractivity contribution in [1.82, 2.24) is 0 Å². The maximum Gasteiger partial charge on any atom is 0.303 e. The Morgan fingerprint density at radius 3 is 2.33 bits per heavy atom. The molecule has 0 spiro atoms. The monoisotopic (exact) mass is 267 g/mol. The van der Waals surface area contributed by atoms with Crippen LogP contribution in [0.15, 0.2) is 24.3 Å². The molecule has 1 aromatic carbocycles. The summed E-state index contributed by atoms with van der Waals surface area (Å²) < 4.78 is 5.25. The van der Waals surface area contributed by atoms with Crippen molar-refractivity contribution in [3.63, 3.8) is 0 Å². The number of thioether (sulfide) groups is 1. The van der Waals surface area contributed by atoms with Gasteiger partial charge >= 0.3 is 5.97 Å². The number of hydrogen-bond donors (Lipinski definition) is 1. The molecule has 0 heterocycles. The van der Waals surface area contributed by atoms with Gasteiger partial charge in [0.1, 0.15) is 6.10 Å². The summed E-state index contributed by atoms with van der Waals surface area (Å²) in [5.41, 5.74) is 1.66. The van der Waals surface area contributed by atoms with Crippen molar-refractivity contribution in [3.8, 4) is 0 Å². The quantitative estimate of drug-likeness (QED) is 0.833. The van der Waals surface area contributed by atoms with Crippen LogP contribution in [0.5, 0.6) is 0 Å². The number of esters is 1. The third kappa shape index (κ3) is 4.79. The summed E-state index contributed by atoms with van der Waals surface area (Å²) in [6, 6.07) is 7.31. The Labute approximate surface area is 111 Å². The standard InChI is InChI=1S/C13H17NO3S/c1-9(15)14-12-6-4-11(5-7-12)13(8-18-3)17-10(2)16/h4-7,13H,8H2,1-3H3,(H,14,15). The van der Waals surface area contributed by atoms with Gasteiger partial charge in [-0.2, -0.15) is 11.8 Å². The van der Waals surface area contributed by atoms with Gasteiger partial charge in [0.2, 0.25) is 5.91 Å². The molecule has 0 aliphatic heterocycles. The van der Waals surface area contributed by atoms with Crippen molar-refractivity contribution in [1.29, 1.82) is 0 Å². The van der Waals surface area contributed by atoms with E-state index in [0.717, 1.165) is 11.3 Å². The number of anilines is 1. The molecule has 18 heavy (non-hydrogen) atoms. The van der Waals surface area contributed by atoms with Gasteiger partial charge in [-0.05, 0) is 24.0 Å². The summed E-state index contributed by atoms with van der Waals surface area (Å²) in [5.74, 6) is 0.308. The highest BCUT2D eigenvalue weighted by atomic mass is 32.2. The van der Waals surface area contributed by atoms with Crippen LogP contribution in [0.25, 0.3) is 0 Å². The van der Waals surface area contributed by atoms with Gasteiger partial charge in [0, 0.05) is 25.3 Å². The van der Waals surface area contributed by atoms with Gasteiger partial charge in [0.25, 0.3) is 0 Å². The molecular formula is C13H17NO3S. The van der Waals surface area contributed by atoms with E-state index in [1.807, 2.05) is 18.4 Å². The first kappa shape index (κ1) is 14.6. The number of amides is 1. The summed E-state index contributed by atoms with van der Waals surface area (Å²) in [7, 11) is 0. The summed E-state index contributed by atoms with van der Waals surface area (Å²) in [4.78, 5) is 21.9. The molecule has 1 rings (SSSR count). The third-order valence-corrected chi connectivity index (χ3v) is 2.87. The minimum Gasteiger partial charge on any atom is -0.457 e. The molecule has 1 atom stereocenters. The Balaban J connectivity index is 2.79. The van der Waals surface area contributed by atoms with Crippen LogP contribution in [0.4, 0.5) is 5.69 Å². The molecule has 0 aliphatic carbocycles. The van der Waals surface area contributed by atoms with Gasteiger partial charge in [-0.1, -0.05) is 12.1 Å². The first-order valence-electron chi connectivity index (χ1n) is 5.56. The summed E-state index contributed by atoms with van der Waals surface area (Å²) in [6.07, 6.45) is 1.71. The minimum atomic E-state index is -0.292. The highest BCUT2D eigenvalue weighted by Gasteiger charge is 2.14. The molecule has 1 unspecified atom stereocenters. The second-order valence-electron chi connectivity index (χ2n) is 3.86. The van der Waals surface area contributed by atoms with Crippen LogP contribution in [0.1, 0.15) is 25.5 Å². The SMILES string of the molecule is CSCC(OC(C)=O)c1ccc(NC(C)=O)cc1. The highest BCUT2D eigenvalue weighted by molar-refractivity contribution is 7.98. The van der Waals surface area contributed by atoms with Gasteiger partial charge in [-0.15, -0.1) is 0 Å². The van der Waals surface area contributed by atoms with E-state index in [1.54, 1.807) is 23.9 Å². The van der Waals surface area contributed by atoms with Crippen LogP contribution in [0.2, 0.25) is 0 Å². The lowest BCUT2D eigenvalue weighted by molar-refractivity contribution is -0.145. The Bertz CT molecular complexity index is 417. The van der Waals surface area contributed by atoms with Gasteiger partial charge in [-0.3, -0.25) is 9.59 Å². The van der Waals surface area contributed by atoms with E-state index in [-0.39, 0.29) is 18.0 Å². The first-order valence-corrected chi connectivity index (χ1v) is 6.96. The van der Waals surface area contributed by atoms with E-state index in [4.69, 9.17) is 4.74 Å². The fourth-order valence-corrected chi connectivity index (χ4v) is 2.10. The zero-order valence-electron chi connectivity index (χ0n) is 10.7. The molecule has 0 saturated carbocycles. The van der Waals surface area contributed by atoms with Crippen molar-refractivity contribution in [2.45, 2.75) is 20.0 Å². The molecule has 5 heteroatoms. The second-order valence-corrected chi connectivity index (χ2v) is 4.77. The Hall–Kier alpha value is -1.49. The predicted molar refractivity (Wildman–Crippen MR) is 73.6 cm³/mol. The molecule has 0 fully saturated rings. The molecule has 98 valence electrons. The second kappa shape index (κ2) is 7.06. The van der Waals surface area contributed by atoms with Crippen LogP contribution in [-0.2, 0) is 14.3 Å². The lowest BCUT2D eigenvalue weighted by Gasteiger charge is -2.16. The summed E-state index contributed by atoms with van der Waals surface area (Å²) in [5, 5.41) is 2.69. The van der Waals surface area contributed by atoms with Gasteiger partial charge in [-0.25, -0.2) is 0 Å². The topological polar surface area (TPSA) is 55.4 Å². The highest BCUT2D eigenvalue weighted by Crippen LogP contribution is 2.23. The molecule has 0 saturated heterocycles. The van der Waals surface area contributed by atoms with Crippen LogP contribution >= 0.6 is 11.8 Å². The van der Waals surface area contributed by atoms with Gasteiger partial charge in [0.15, 0.2) is 0 Å². The van der Waals surface area contributed by atoms with Crippen molar-refractivity contribution in [2.75, 3.05) is 17.3 Å². The van der Waals surface area contributed by atoms with E-state index in [9.17, 15) is 9.59 Å². The maximum atomic E-state index is 11.0.